The number of carbonyl (C=O) groups is 1. The average Bonchev–Trinajstić information content (AvgIpc) is 2.90. The zero-order valence-electron chi connectivity index (χ0n) is 18.3. The molecular formula is C23H29ClFN3O2. The number of benzene rings is 1. The van der Waals surface area contributed by atoms with E-state index in [2.05, 4.69) is 23.4 Å². The number of amides is 1. The maximum atomic E-state index is 13.4. The molecule has 2 aromatic heterocycles. The van der Waals surface area contributed by atoms with Crippen LogP contribution in [0.15, 0.2) is 36.5 Å². The molecule has 0 bridgehead atoms. The number of aryl methyl sites for hydroxylation is 2. The van der Waals surface area contributed by atoms with Gasteiger partial charge in [-0.1, -0.05) is 12.1 Å². The van der Waals surface area contributed by atoms with Gasteiger partial charge in [0.05, 0.1) is 23.3 Å². The summed E-state index contributed by atoms with van der Waals surface area (Å²) in [4.78, 5) is 19.3. The summed E-state index contributed by atoms with van der Waals surface area (Å²) in [5, 5.41) is 0. The Labute approximate surface area is 183 Å². The number of hydrogen-bond acceptors (Lipinski definition) is 3. The van der Waals surface area contributed by atoms with E-state index in [1.54, 1.807) is 23.2 Å². The minimum absolute atomic E-state index is 0. The zero-order chi connectivity index (χ0) is 21.3. The van der Waals surface area contributed by atoms with Gasteiger partial charge < -0.3 is 9.30 Å². The second-order valence-corrected chi connectivity index (χ2v) is 8.17. The zero-order valence-corrected chi connectivity index (χ0v) is 19.1. The summed E-state index contributed by atoms with van der Waals surface area (Å²) < 4.78 is 21.2. The van der Waals surface area contributed by atoms with Crippen molar-refractivity contribution in [2.45, 2.75) is 60.2 Å². The van der Waals surface area contributed by atoms with E-state index in [1.165, 1.54) is 12.1 Å². The van der Waals surface area contributed by atoms with E-state index >= 15 is 0 Å². The molecule has 0 aliphatic rings. The number of pyridine rings is 1. The Hall–Kier alpha value is -2.60. The molecule has 0 atom stereocenters. The molecule has 0 fully saturated rings. The van der Waals surface area contributed by atoms with Crippen LogP contribution in [0, 0.1) is 19.7 Å². The van der Waals surface area contributed by atoms with Gasteiger partial charge in [-0.15, -0.1) is 12.4 Å². The predicted octanol–water partition coefficient (Wildman–Crippen LogP) is 6.18. The molecule has 0 aliphatic heterocycles. The highest BCUT2D eigenvalue weighted by Gasteiger charge is 2.27. The van der Waals surface area contributed by atoms with Crippen molar-refractivity contribution in [2.24, 2.45) is 0 Å². The smallest absolute Gasteiger partial charge is 0.415 e. The number of ether oxygens (including phenoxy) is 1. The molecule has 0 aliphatic carbocycles. The van der Waals surface area contributed by atoms with E-state index in [0.717, 1.165) is 40.1 Å². The molecule has 1 aromatic carbocycles. The topological polar surface area (TPSA) is 47.4 Å². The van der Waals surface area contributed by atoms with Crippen LogP contribution in [0.2, 0.25) is 0 Å². The summed E-state index contributed by atoms with van der Waals surface area (Å²) in [7, 11) is 0. The first-order valence-electron chi connectivity index (χ1n) is 9.81. The van der Waals surface area contributed by atoms with Crippen LogP contribution in [0.4, 0.5) is 14.9 Å². The molecule has 0 spiro atoms. The van der Waals surface area contributed by atoms with Gasteiger partial charge >= 0.3 is 6.09 Å². The fourth-order valence-corrected chi connectivity index (χ4v) is 3.48. The summed E-state index contributed by atoms with van der Waals surface area (Å²) >= 11 is 0. The van der Waals surface area contributed by atoms with Gasteiger partial charge in [0.25, 0.3) is 0 Å². The second-order valence-electron chi connectivity index (χ2n) is 8.17. The minimum atomic E-state index is -0.636. The molecule has 0 saturated heterocycles. The summed E-state index contributed by atoms with van der Waals surface area (Å²) in [5.74, 6) is -0.310. The van der Waals surface area contributed by atoms with Crippen molar-refractivity contribution in [2.75, 3.05) is 4.90 Å². The lowest BCUT2D eigenvalue weighted by atomic mass is 10.1. The molecule has 162 valence electrons. The third kappa shape index (κ3) is 4.75. The van der Waals surface area contributed by atoms with Crippen molar-refractivity contribution >= 4 is 35.2 Å². The second kappa shape index (κ2) is 9.04. The van der Waals surface area contributed by atoms with E-state index in [1.807, 2.05) is 33.8 Å². The molecule has 30 heavy (non-hydrogen) atoms. The highest BCUT2D eigenvalue weighted by molar-refractivity contribution is 6.00. The maximum absolute atomic E-state index is 13.4. The maximum Gasteiger partial charge on any atom is 0.415 e. The molecule has 3 rings (SSSR count). The number of fused-ring (bicyclic) bond motifs is 1. The van der Waals surface area contributed by atoms with Gasteiger partial charge in [0.2, 0.25) is 0 Å². The van der Waals surface area contributed by atoms with Crippen molar-refractivity contribution < 1.29 is 13.9 Å². The van der Waals surface area contributed by atoms with E-state index in [4.69, 9.17) is 4.74 Å². The number of rotatable bonds is 4. The SMILES string of the molecule is CCn1c(C)c(C)c2nccc(N(Cc3ccc(F)cc3)C(=O)OC(C)(C)C)c21.Cl. The van der Waals surface area contributed by atoms with Gasteiger partial charge in [-0.25, -0.2) is 9.18 Å². The Bertz CT molecular complexity index is 1040. The third-order valence-electron chi connectivity index (χ3n) is 4.95. The number of carbonyl (C=O) groups excluding carboxylic acids is 1. The van der Waals surface area contributed by atoms with Crippen LogP contribution in [0.3, 0.4) is 0 Å². The summed E-state index contributed by atoms with van der Waals surface area (Å²) in [5.41, 5.74) is 4.88. The Morgan fingerprint density at radius 3 is 2.37 bits per heavy atom. The Morgan fingerprint density at radius 2 is 1.80 bits per heavy atom. The van der Waals surface area contributed by atoms with Crippen LogP contribution >= 0.6 is 12.4 Å². The van der Waals surface area contributed by atoms with Crippen LogP contribution in [-0.2, 0) is 17.8 Å². The van der Waals surface area contributed by atoms with Gasteiger partial charge in [0.1, 0.15) is 11.4 Å². The van der Waals surface area contributed by atoms with Crippen LogP contribution in [0.25, 0.3) is 11.0 Å². The van der Waals surface area contributed by atoms with Crippen LogP contribution < -0.4 is 4.90 Å². The van der Waals surface area contributed by atoms with Gasteiger partial charge in [-0.05, 0) is 70.9 Å². The molecule has 2 heterocycles. The monoisotopic (exact) mass is 433 g/mol. The molecule has 0 unspecified atom stereocenters. The van der Waals surface area contributed by atoms with Crippen molar-refractivity contribution in [1.82, 2.24) is 9.55 Å². The van der Waals surface area contributed by atoms with Crippen molar-refractivity contribution in [3.63, 3.8) is 0 Å². The fraction of sp³-hybridized carbons (Fsp3) is 0.391. The molecule has 7 heteroatoms. The highest BCUT2D eigenvalue weighted by Crippen LogP contribution is 2.33. The van der Waals surface area contributed by atoms with Gasteiger partial charge in [-0.3, -0.25) is 9.88 Å². The lowest BCUT2D eigenvalue weighted by Crippen LogP contribution is -2.36. The Morgan fingerprint density at radius 1 is 1.17 bits per heavy atom. The van der Waals surface area contributed by atoms with Crippen LogP contribution in [0.5, 0.6) is 0 Å². The standard InChI is InChI=1S/C23H28FN3O2.ClH/c1-7-26-16(3)15(2)20-21(26)19(12-13-25-20)27(22(28)29-23(4,5)6)14-17-8-10-18(24)11-9-17;/h8-13H,7,14H2,1-6H3;1H. The highest BCUT2D eigenvalue weighted by atomic mass is 35.5. The average molecular weight is 434 g/mol. The van der Waals surface area contributed by atoms with E-state index in [-0.39, 0.29) is 24.8 Å². The third-order valence-corrected chi connectivity index (χ3v) is 4.95. The molecule has 0 radical (unpaired) electrons. The number of aromatic nitrogens is 2. The predicted molar refractivity (Wildman–Crippen MR) is 121 cm³/mol. The van der Waals surface area contributed by atoms with E-state index in [0.29, 0.717) is 0 Å². The van der Waals surface area contributed by atoms with Crippen LogP contribution in [0.1, 0.15) is 44.5 Å². The van der Waals surface area contributed by atoms with E-state index in [9.17, 15) is 9.18 Å². The quantitative estimate of drug-likeness (QED) is 0.493. The molecule has 1 amide bonds. The molecule has 5 nitrogen and oxygen atoms in total. The number of hydrogen-bond donors (Lipinski definition) is 0. The summed E-state index contributed by atoms with van der Waals surface area (Å²) in [6.45, 7) is 12.7. The lowest BCUT2D eigenvalue weighted by molar-refractivity contribution is 0.0578. The van der Waals surface area contributed by atoms with Gasteiger partial charge in [-0.2, -0.15) is 0 Å². The number of nitrogens with zero attached hydrogens (tertiary/aromatic N) is 3. The van der Waals surface area contributed by atoms with Crippen molar-refractivity contribution in [1.29, 1.82) is 0 Å². The van der Waals surface area contributed by atoms with E-state index < -0.39 is 11.7 Å². The normalized spacial score (nSPS) is 11.3. The Kier molecular flexibility index (Phi) is 7.14. The van der Waals surface area contributed by atoms with Gasteiger partial charge in [0, 0.05) is 18.4 Å². The van der Waals surface area contributed by atoms with Crippen molar-refractivity contribution in [3.8, 4) is 0 Å². The lowest BCUT2D eigenvalue weighted by Gasteiger charge is -2.28. The first kappa shape index (κ1) is 23.7. The first-order valence-corrected chi connectivity index (χ1v) is 9.81. The van der Waals surface area contributed by atoms with Gasteiger partial charge in [0.15, 0.2) is 0 Å². The minimum Gasteiger partial charge on any atom is -0.443 e. The molecule has 0 N–H and O–H groups in total. The number of halogens is 2. The molecule has 3 aromatic rings. The largest absolute Gasteiger partial charge is 0.443 e. The fourth-order valence-electron chi connectivity index (χ4n) is 3.48. The summed E-state index contributed by atoms with van der Waals surface area (Å²) in [6, 6.07) is 7.99. The first-order chi connectivity index (χ1) is 13.6. The number of anilines is 1. The summed E-state index contributed by atoms with van der Waals surface area (Å²) in [6.07, 6.45) is 1.26. The Balaban J connectivity index is 0.00000320. The van der Waals surface area contributed by atoms with Crippen molar-refractivity contribution in [3.05, 3.63) is 59.2 Å². The molecular weight excluding hydrogens is 405 g/mol. The van der Waals surface area contributed by atoms with Crippen LogP contribution in [-0.4, -0.2) is 21.2 Å². The molecule has 0 saturated carbocycles.